The fourth-order valence-corrected chi connectivity index (χ4v) is 1.27. The SMILES string of the molecule is C=C(CC1CCC1)C(=O)OC. The number of carbonyl (C=O) groups is 1. The Morgan fingerprint density at radius 1 is 1.64 bits per heavy atom. The van der Waals surface area contributed by atoms with Gasteiger partial charge in [0.15, 0.2) is 0 Å². The number of methoxy groups -OCH3 is 1. The summed E-state index contributed by atoms with van der Waals surface area (Å²) >= 11 is 0. The van der Waals surface area contributed by atoms with Crippen molar-refractivity contribution in [2.45, 2.75) is 25.7 Å². The molecule has 62 valence electrons. The number of hydrogen-bond donors (Lipinski definition) is 0. The van der Waals surface area contributed by atoms with E-state index >= 15 is 0 Å². The van der Waals surface area contributed by atoms with E-state index in [0.29, 0.717) is 11.5 Å². The molecule has 1 aliphatic carbocycles. The van der Waals surface area contributed by atoms with E-state index in [-0.39, 0.29) is 5.97 Å². The second kappa shape index (κ2) is 3.56. The zero-order valence-corrected chi connectivity index (χ0v) is 6.93. The van der Waals surface area contributed by atoms with Crippen molar-refractivity contribution in [3.63, 3.8) is 0 Å². The van der Waals surface area contributed by atoms with Crippen LogP contribution in [0.5, 0.6) is 0 Å². The van der Waals surface area contributed by atoms with Crippen LogP contribution in [0.1, 0.15) is 25.7 Å². The third-order valence-corrected chi connectivity index (χ3v) is 2.23. The molecule has 0 aromatic heterocycles. The number of ether oxygens (including phenoxy) is 1. The zero-order valence-electron chi connectivity index (χ0n) is 6.93. The van der Waals surface area contributed by atoms with Crippen molar-refractivity contribution in [1.29, 1.82) is 0 Å². The van der Waals surface area contributed by atoms with E-state index in [1.165, 1.54) is 26.4 Å². The Bertz CT molecular complexity index is 168. The Hall–Kier alpha value is -0.790. The van der Waals surface area contributed by atoms with Gasteiger partial charge in [-0.05, 0) is 12.3 Å². The lowest BCUT2D eigenvalue weighted by molar-refractivity contribution is -0.136. The quantitative estimate of drug-likeness (QED) is 0.458. The van der Waals surface area contributed by atoms with Crippen LogP contribution >= 0.6 is 0 Å². The minimum Gasteiger partial charge on any atom is -0.466 e. The van der Waals surface area contributed by atoms with Crippen LogP contribution < -0.4 is 0 Å². The van der Waals surface area contributed by atoms with Gasteiger partial charge in [0.25, 0.3) is 0 Å². The van der Waals surface area contributed by atoms with Gasteiger partial charge in [-0.15, -0.1) is 0 Å². The van der Waals surface area contributed by atoms with Gasteiger partial charge in [-0.1, -0.05) is 25.8 Å². The average Bonchev–Trinajstić information content (AvgIpc) is 1.94. The summed E-state index contributed by atoms with van der Waals surface area (Å²) in [6.45, 7) is 3.67. The lowest BCUT2D eigenvalue weighted by Crippen LogP contribution is -2.15. The molecule has 0 amide bonds. The molecule has 1 saturated carbocycles. The van der Waals surface area contributed by atoms with Gasteiger partial charge in [-0.2, -0.15) is 0 Å². The highest BCUT2D eigenvalue weighted by Crippen LogP contribution is 2.31. The summed E-state index contributed by atoms with van der Waals surface area (Å²) in [5.41, 5.74) is 0.622. The fourth-order valence-electron chi connectivity index (χ4n) is 1.27. The van der Waals surface area contributed by atoms with Gasteiger partial charge in [0.05, 0.1) is 7.11 Å². The van der Waals surface area contributed by atoms with Crippen LogP contribution in [0, 0.1) is 5.92 Å². The van der Waals surface area contributed by atoms with Gasteiger partial charge >= 0.3 is 5.97 Å². The van der Waals surface area contributed by atoms with Crippen molar-refractivity contribution in [3.8, 4) is 0 Å². The molecule has 1 fully saturated rings. The van der Waals surface area contributed by atoms with Crippen LogP contribution in [0.4, 0.5) is 0 Å². The number of esters is 1. The van der Waals surface area contributed by atoms with Crippen molar-refractivity contribution in [2.75, 3.05) is 7.11 Å². The first-order valence-electron chi connectivity index (χ1n) is 4.00. The molecule has 0 aromatic carbocycles. The molecule has 0 aliphatic heterocycles. The summed E-state index contributed by atoms with van der Waals surface area (Å²) in [7, 11) is 1.40. The molecule has 0 unspecified atom stereocenters. The van der Waals surface area contributed by atoms with E-state index in [4.69, 9.17) is 0 Å². The molecule has 0 atom stereocenters. The average molecular weight is 154 g/mol. The molecule has 0 radical (unpaired) electrons. The van der Waals surface area contributed by atoms with E-state index in [1.807, 2.05) is 0 Å². The monoisotopic (exact) mass is 154 g/mol. The Kier molecular flexibility index (Phi) is 2.69. The van der Waals surface area contributed by atoms with Crippen LogP contribution in [0.2, 0.25) is 0 Å². The largest absolute Gasteiger partial charge is 0.466 e. The number of carbonyl (C=O) groups excluding carboxylic acids is 1. The first kappa shape index (κ1) is 8.31. The van der Waals surface area contributed by atoms with Gasteiger partial charge in [-0.3, -0.25) is 0 Å². The lowest BCUT2D eigenvalue weighted by atomic mass is 9.81. The molecule has 1 rings (SSSR count). The molecule has 0 bridgehead atoms. The van der Waals surface area contributed by atoms with Crippen LogP contribution in [-0.2, 0) is 9.53 Å². The van der Waals surface area contributed by atoms with Crippen molar-refractivity contribution in [1.82, 2.24) is 0 Å². The van der Waals surface area contributed by atoms with E-state index < -0.39 is 0 Å². The second-order valence-electron chi connectivity index (χ2n) is 3.10. The molecule has 0 aromatic rings. The third kappa shape index (κ3) is 2.07. The topological polar surface area (TPSA) is 26.3 Å². The molecule has 2 nitrogen and oxygen atoms in total. The van der Waals surface area contributed by atoms with Gasteiger partial charge in [0, 0.05) is 5.57 Å². The number of hydrogen-bond acceptors (Lipinski definition) is 2. The maximum atomic E-state index is 10.9. The molecule has 0 spiro atoms. The molecular formula is C9H14O2. The summed E-state index contributed by atoms with van der Waals surface area (Å²) in [5.74, 6) is 0.443. The van der Waals surface area contributed by atoms with Crippen molar-refractivity contribution in [2.24, 2.45) is 5.92 Å². The molecule has 0 saturated heterocycles. The second-order valence-corrected chi connectivity index (χ2v) is 3.10. The maximum Gasteiger partial charge on any atom is 0.333 e. The normalized spacial score (nSPS) is 17.2. The van der Waals surface area contributed by atoms with Crippen LogP contribution in [0.15, 0.2) is 12.2 Å². The Morgan fingerprint density at radius 2 is 2.27 bits per heavy atom. The van der Waals surface area contributed by atoms with Crippen LogP contribution in [-0.4, -0.2) is 13.1 Å². The summed E-state index contributed by atoms with van der Waals surface area (Å²) < 4.78 is 4.54. The minimum atomic E-state index is -0.253. The minimum absolute atomic E-state index is 0.253. The maximum absolute atomic E-state index is 10.9. The van der Waals surface area contributed by atoms with Crippen molar-refractivity contribution in [3.05, 3.63) is 12.2 Å². The Balaban J connectivity index is 2.24. The standard InChI is InChI=1S/C9H14O2/c1-7(9(10)11-2)6-8-4-3-5-8/h8H,1,3-6H2,2H3. The predicted molar refractivity (Wildman–Crippen MR) is 43.1 cm³/mol. The predicted octanol–water partition coefficient (Wildman–Crippen LogP) is 1.91. The van der Waals surface area contributed by atoms with Gasteiger partial charge in [0.1, 0.15) is 0 Å². The highest BCUT2D eigenvalue weighted by Gasteiger charge is 2.20. The smallest absolute Gasteiger partial charge is 0.333 e. The third-order valence-electron chi connectivity index (χ3n) is 2.23. The van der Waals surface area contributed by atoms with Crippen LogP contribution in [0.25, 0.3) is 0 Å². The zero-order chi connectivity index (χ0) is 8.27. The first-order valence-corrected chi connectivity index (χ1v) is 4.00. The highest BCUT2D eigenvalue weighted by molar-refractivity contribution is 5.87. The fraction of sp³-hybridized carbons (Fsp3) is 0.667. The summed E-state index contributed by atoms with van der Waals surface area (Å²) in [6, 6.07) is 0. The van der Waals surface area contributed by atoms with Crippen molar-refractivity contribution >= 4 is 5.97 Å². The van der Waals surface area contributed by atoms with E-state index in [9.17, 15) is 4.79 Å². The molecular weight excluding hydrogens is 140 g/mol. The Morgan fingerprint density at radius 3 is 2.64 bits per heavy atom. The van der Waals surface area contributed by atoms with Gasteiger partial charge in [0.2, 0.25) is 0 Å². The van der Waals surface area contributed by atoms with E-state index in [1.54, 1.807) is 0 Å². The van der Waals surface area contributed by atoms with E-state index in [0.717, 1.165) is 6.42 Å². The summed E-state index contributed by atoms with van der Waals surface area (Å²) in [4.78, 5) is 10.9. The lowest BCUT2D eigenvalue weighted by Gasteiger charge is -2.25. The van der Waals surface area contributed by atoms with Gasteiger partial charge in [-0.25, -0.2) is 4.79 Å². The number of rotatable bonds is 3. The van der Waals surface area contributed by atoms with Gasteiger partial charge < -0.3 is 4.74 Å². The summed E-state index contributed by atoms with van der Waals surface area (Å²) in [5, 5.41) is 0. The molecule has 0 heterocycles. The van der Waals surface area contributed by atoms with E-state index in [2.05, 4.69) is 11.3 Å². The highest BCUT2D eigenvalue weighted by atomic mass is 16.5. The van der Waals surface area contributed by atoms with Crippen molar-refractivity contribution < 1.29 is 9.53 Å². The first-order chi connectivity index (χ1) is 5.24. The molecule has 0 N–H and O–H groups in total. The molecule has 11 heavy (non-hydrogen) atoms. The molecule has 1 aliphatic rings. The molecule has 2 heteroatoms. The summed E-state index contributed by atoms with van der Waals surface area (Å²) in [6.07, 6.45) is 4.62. The van der Waals surface area contributed by atoms with Crippen LogP contribution in [0.3, 0.4) is 0 Å². The Labute approximate surface area is 67.2 Å².